The predicted molar refractivity (Wildman–Crippen MR) is 92.3 cm³/mol. The van der Waals surface area contributed by atoms with Gasteiger partial charge in [0.15, 0.2) is 0 Å². The molecule has 1 aromatic carbocycles. The molecule has 1 atom stereocenters. The third-order valence-corrected chi connectivity index (χ3v) is 4.89. The summed E-state index contributed by atoms with van der Waals surface area (Å²) >= 11 is 0. The van der Waals surface area contributed by atoms with Crippen molar-refractivity contribution in [3.63, 3.8) is 0 Å². The average molecular weight is 333 g/mol. The van der Waals surface area contributed by atoms with E-state index in [0.29, 0.717) is 19.5 Å². The Hall–Kier alpha value is -1.92. The van der Waals surface area contributed by atoms with Crippen LogP contribution in [0.2, 0.25) is 0 Å². The number of nitrogens with zero attached hydrogens (tertiary/aromatic N) is 2. The number of hydrogen-bond acceptors (Lipinski definition) is 4. The molecule has 0 radical (unpaired) electrons. The van der Waals surface area contributed by atoms with Crippen LogP contribution in [0, 0.1) is 6.92 Å². The summed E-state index contributed by atoms with van der Waals surface area (Å²) in [6, 6.07) is 8.01. The molecule has 2 N–H and O–H groups in total. The first kappa shape index (κ1) is 18.4. The lowest BCUT2D eigenvalue weighted by molar-refractivity contribution is -0.138. The summed E-state index contributed by atoms with van der Waals surface area (Å²) in [5.74, 6) is -0.446. The molecule has 0 aliphatic carbocycles. The molecular weight excluding hydrogens is 306 g/mol. The van der Waals surface area contributed by atoms with Gasteiger partial charge in [0.1, 0.15) is 5.54 Å². The lowest BCUT2D eigenvalue weighted by atomic mass is 9.96. The van der Waals surface area contributed by atoms with E-state index >= 15 is 0 Å². The number of benzene rings is 1. The highest BCUT2D eigenvalue weighted by Crippen LogP contribution is 2.29. The van der Waals surface area contributed by atoms with E-state index in [-0.39, 0.29) is 19.1 Å². The molecule has 0 spiro atoms. The maximum atomic E-state index is 12.6. The monoisotopic (exact) mass is 333 g/mol. The number of rotatable bonds is 7. The Morgan fingerprint density at radius 1 is 1.38 bits per heavy atom. The van der Waals surface area contributed by atoms with Crippen LogP contribution in [-0.4, -0.2) is 61.0 Å². The smallest absolute Gasteiger partial charge is 0.240 e. The van der Waals surface area contributed by atoms with Crippen molar-refractivity contribution < 1.29 is 14.3 Å². The molecule has 1 heterocycles. The standard InChI is InChI=1S/C18H27N3O3/c1-14-7-4-5-8-15(14)11-20(2)16(22)12-21-10-6-9-18(21,13-24-3)17(19)23/h4-5,7-8H,6,9-13H2,1-3H3,(H2,19,23). The highest BCUT2D eigenvalue weighted by molar-refractivity contribution is 5.86. The van der Waals surface area contributed by atoms with Crippen LogP contribution in [0.3, 0.4) is 0 Å². The third-order valence-electron chi connectivity index (χ3n) is 4.89. The van der Waals surface area contributed by atoms with E-state index in [9.17, 15) is 9.59 Å². The maximum Gasteiger partial charge on any atom is 0.240 e. The molecule has 0 aromatic heterocycles. The van der Waals surface area contributed by atoms with Gasteiger partial charge in [-0.2, -0.15) is 0 Å². The number of hydrogen-bond donors (Lipinski definition) is 1. The normalized spacial score (nSPS) is 21.0. The number of likely N-dealkylation sites (tertiary alicyclic amines) is 1. The Labute approximate surface area is 143 Å². The highest BCUT2D eigenvalue weighted by atomic mass is 16.5. The number of ether oxygens (including phenoxy) is 1. The highest BCUT2D eigenvalue weighted by Gasteiger charge is 2.47. The van der Waals surface area contributed by atoms with Crippen molar-refractivity contribution in [1.29, 1.82) is 0 Å². The van der Waals surface area contributed by atoms with Crippen molar-refractivity contribution in [2.24, 2.45) is 5.73 Å². The van der Waals surface area contributed by atoms with Crippen LogP contribution in [0.5, 0.6) is 0 Å². The molecule has 2 rings (SSSR count). The van der Waals surface area contributed by atoms with Gasteiger partial charge in [0, 0.05) is 20.7 Å². The number of amides is 2. The molecule has 6 nitrogen and oxygen atoms in total. The van der Waals surface area contributed by atoms with Crippen molar-refractivity contribution in [3.8, 4) is 0 Å². The summed E-state index contributed by atoms with van der Waals surface area (Å²) in [5, 5.41) is 0. The summed E-state index contributed by atoms with van der Waals surface area (Å²) in [4.78, 5) is 28.2. The number of nitrogens with two attached hydrogens (primary N) is 1. The van der Waals surface area contributed by atoms with E-state index in [4.69, 9.17) is 10.5 Å². The van der Waals surface area contributed by atoms with Gasteiger partial charge in [-0.05, 0) is 37.4 Å². The summed E-state index contributed by atoms with van der Waals surface area (Å²) in [6.07, 6.45) is 1.46. The molecule has 1 fully saturated rings. The Morgan fingerprint density at radius 2 is 2.08 bits per heavy atom. The number of aryl methyl sites for hydroxylation is 1. The van der Waals surface area contributed by atoms with Crippen molar-refractivity contribution >= 4 is 11.8 Å². The largest absolute Gasteiger partial charge is 0.382 e. The van der Waals surface area contributed by atoms with Gasteiger partial charge in [0.2, 0.25) is 11.8 Å². The fourth-order valence-corrected chi connectivity index (χ4v) is 3.33. The topological polar surface area (TPSA) is 75.9 Å². The molecule has 1 aliphatic heterocycles. The van der Waals surface area contributed by atoms with E-state index in [1.54, 1.807) is 19.1 Å². The molecule has 1 aromatic rings. The van der Waals surface area contributed by atoms with Gasteiger partial charge in [-0.25, -0.2) is 0 Å². The molecule has 2 amide bonds. The first-order valence-electron chi connectivity index (χ1n) is 8.23. The van der Waals surface area contributed by atoms with E-state index < -0.39 is 11.4 Å². The van der Waals surface area contributed by atoms with Crippen LogP contribution in [0.4, 0.5) is 0 Å². The lowest BCUT2D eigenvalue weighted by Gasteiger charge is -2.35. The third kappa shape index (κ3) is 3.76. The number of carbonyl (C=O) groups excluding carboxylic acids is 2. The minimum absolute atomic E-state index is 0.0260. The number of primary amides is 1. The van der Waals surface area contributed by atoms with Crippen LogP contribution < -0.4 is 5.73 Å². The maximum absolute atomic E-state index is 12.6. The Kier molecular flexibility index (Phi) is 5.96. The van der Waals surface area contributed by atoms with Crippen LogP contribution in [0.1, 0.15) is 24.0 Å². The quantitative estimate of drug-likeness (QED) is 0.805. The minimum Gasteiger partial charge on any atom is -0.382 e. The molecule has 6 heteroatoms. The average Bonchev–Trinajstić information content (AvgIpc) is 2.93. The second kappa shape index (κ2) is 7.77. The summed E-state index contributed by atoms with van der Waals surface area (Å²) in [6.45, 7) is 3.65. The summed E-state index contributed by atoms with van der Waals surface area (Å²) in [7, 11) is 3.33. The molecule has 0 saturated carbocycles. The van der Waals surface area contributed by atoms with E-state index in [2.05, 4.69) is 0 Å². The fourth-order valence-electron chi connectivity index (χ4n) is 3.33. The summed E-state index contributed by atoms with van der Waals surface area (Å²) < 4.78 is 5.21. The van der Waals surface area contributed by atoms with Crippen LogP contribution >= 0.6 is 0 Å². The van der Waals surface area contributed by atoms with Gasteiger partial charge in [-0.3, -0.25) is 14.5 Å². The van der Waals surface area contributed by atoms with Crippen LogP contribution in [-0.2, 0) is 20.9 Å². The van der Waals surface area contributed by atoms with Crippen molar-refractivity contribution in [2.75, 3.05) is 33.9 Å². The first-order valence-corrected chi connectivity index (χ1v) is 8.23. The van der Waals surface area contributed by atoms with Gasteiger partial charge in [0.05, 0.1) is 13.2 Å². The SMILES string of the molecule is COCC1(C(N)=O)CCCN1CC(=O)N(C)Cc1ccccc1C. The van der Waals surface area contributed by atoms with Gasteiger partial charge in [0.25, 0.3) is 0 Å². The van der Waals surface area contributed by atoms with Crippen molar-refractivity contribution in [1.82, 2.24) is 9.80 Å². The zero-order valence-corrected chi connectivity index (χ0v) is 14.7. The lowest BCUT2D eigenvalue weighted by Crippen LogP contribution is -2.58. The molecule has 132 valence electrons. The van der Waals surface area contributed by atoms with Gasteiger partial charge < -0.3 is 15.4 Å². The molecular formula is C18H27N3O3. The fraction of sp³-hybridized carbons (Fsp3) is 0.556. The van der Waals surface area contributed by atoms with Gasteiger partial charge in [-0.1, -0.05) is 24.3 Å². The first-order chi connectivity index (χ1) is 11.4. The second-order valence-electron chi connectivity index (χ2n) is 6.53. The van der Waals surface area contributed by atoms with E-state index in [1.165, 1.54) is 0 Å². The Morgan fingerprint density at radius 3 is 2.71 bits per heavy atom. The second-order valence-corrected chi connectivity index (χ2v) is 6.53. The van der Waals surface area contributed by atoms with E-state index in [1.807, 2.05) is 36.1 Å². The Balaban J connectivity index is 2.05. The van der Waals surface area contributed by atoms with Gasteiger partial charge in [-0.15, -0.1) is 0 Å². The van der Waals surface area contributed by atoms with Crippen molar-refractivity contribution in [3.05, 3.63) is 35.4 Å². The number of likely N-dealkylation sites (N-methyl/N-ethyl adjacent to an activating group) is 1. The molecule has 1 aliphatic rings. The number of carbonyl (C=O) groups is 2. The molecule has 1 saturated heterocycles. The zero-order chi connectivity index (χ0) is 17.7. The van der Waals surface area contributed by atoms with Gasteiger partial charge >= 0.3 is 0 Å². The number of methoxy groups -OCH3 is 1. The molecule has 24 heavy (non-hydrogen) atoms. The van der Waals surface area contributed by atoms with Crippen molar-refractivity contribution in [2.45, 2.75) is 31.8 Å². The molecule has 0 bridgehead atoms. The van der Waals surface area contributed by atoms with Crippen LogP contribution in [0.25, 0.3) is 0 Å². The predicted octanol–water partition coefficient (Wildman–Crippen LogP) is 0.920. The van der Waals surface area contributed by atoms with Crippen LogP contribution in [0.15, 0.2) is 24.3 Å². The van der Waals surface area contributed by atoms with E-state index in [0.717, 1.165) is 17.5 Å². The zero-order valence-electron chi connectivity index (χ0n) is 14.7. The molecule has 1 unspecified atom stereocenters. The summed E-state index contributed by atoms with van der Waals surface area (Å²) in [5.41, 5.74) is 7.03. The minimum atomic E-state index is -0.867. The Bertz CT molecular complexity index is 605.